The van der Waals surface area contributed by atoms with E-state index in [1.54, 1.807) is 12.4 Å². The van der Waals surface area contributed by atoms with E-state index in [9.17, 15) is 5.11 Å². The first-order valence-corrected chi connectivity index (χ1v) is 4.50. The van der Waals surface area contributed by atoms with E-state index in [0.29, 0.717) is 0 Å². The van der Waals surface area contributed by atoms with Crippen LogP contribution in [0.15, 0.2) is 49.1 Å². The summed E-state index contributed by atoms with van der Waals surface area (Å²) in [5.41, 5.74) is 0.651. The van der Waals surface area contributed by atoms with E-state index < -0.39 is 5.41 Å². The van der Waals surface area contributed by atoms with Crippen LogP contribution in [-0.2, 0) is 5.41 Å². The lowest BCUT2D eigenvalue weighted by molar-refractivity contribution is 0.250. The summed E-state index contributed by atoms with van der Waals surface area (Å²) in [5.74, 6) is 0. The van der Waals surface area contributed by atoms with Gasteiger partial charge in [-0.25, -0.2) is 0 Å². The molecule has 0 fully saturated rings. The highest BCUT2D eigenvalue weighted by Gasteiger charge is 2.26. The molecule has 0 amide bonds. The summed E-state index contributed by atoms with van der Waals surface area (Å²) in [6.07, 6.45) is 11.0. The molecule has 14 heavy (non-hydrogen) atoms. The summed E-state index contributed by atoms with van der Waals surface area (Å²) in [6, 6.07) is 3.83. The topological polar surface area (TPSA) is 45.2 Å². The van der Waals surface area contributed by atoms with Crippen molar-refractivity contribution in [3.63, 3.8) is 0 Å². The molecule has 0 aliphatic carbocycles. The number of nitrogens with zero attached hydrogens (tertiary/aromatic N) is 1. The molecule has 0 radical (unpaired) electrons. The Kier molecular flexibility index (Phi) is 2.33. The molecule has 72 valence electrons. The Balaban J connectivity index is 2.42. The lowest BCUT2D eigenvalue weighted by Gasteiger charge is -2.27. The summed E-state index contributed by atoms with van der Waals surface area (Å²) in [7, 11) is 0. The first-order valence-electron chi connectivity index (χ1n) is 4.50. The number of nitrogens with one attached hydrogen (secondary N) is 1. The highest BCUT2D eigenvalue weighted by molar-refractivity contribution is 5.37. The van der Waals surface area contributed by atoms with Gasteiger partial charge in [0.05, 0.1) is 12.0 Å². The second-order valence-electron chi connectivity index (χ2n) is 3.27. The van der Waals surface area contributed by atoms with Crippen LogP contribution in [-0.4, -0.2) is 16.7 Å². The zero-order valence-electron chi connectivity index (χ0n) is 7.72. The molecule has 0 unspecified atom stereocenters. The Morgan fingerprint density at radius 2 is 1.86 bits per heavy atom. The van der Waals surface area contributed by atoms with Crippen molar-refractivity contribution in [2.75, 3.05) is 6.61 Å². The lowest BCUT2D eigenvalue weighted by Crippen LogP contribution is -2.28. The minimum Gasteiger partial charge on any atom is -0.395 e. The van der Waals surface area contributed by atoms with Gasteiger partial charge in [0.25, 0.3) is 0 Å². The molecule has 1 aromatic rings. The van der Waals surface area contributed by atoms with E-state index in [1.165, 1.54) is 0 Å². The number of aromatic nitrogens is 1. The van der Waals surface area contributed by atoms with E-state index in [4.69, 9.17) is 0 Å². The zero-order chi connectivity index (χ0) is 9.86. The average molecular weight is 188 g/mol. The standard InChI is InChI=1S/C11H12N2O/c14-9-11(3-7-13-8-4-11)10-1-5-12-6-2-10/h1-8,13-14H,9H2. The lowest BCUT2D eigenvalue weighted by atomic mass is 9.81. The molecule has 3 nitrogen and oxygen atoms in total. The molecule has 2 rings (SSSR count). The number of dihydropyridines is 1. The summed E-state index contributed by atoms with van der Waals surface area (Å²) in [6.45, 7) is 0.0612. The molecule has 1 aliphatic rings. The van der Waals surface area contributed by atoms with E-state index in [-0.39, 0.29) is 6.61 Å². The Hall–Kier alpha value is -1.61. The number of aliphatic hydroxyl groups is 1. The number of hydrogen-bond donors (Lipinski definition) is 2. The third kappa shape index (κ3) is 1.42. The zero-order valence-corrected chi connectivity index (χ0v) is 7.72. The van der Waals surface area contributed by atoms with Crippen LogP contribution in [0.4, 0.5) is 0 Å². The molecule has 1 aromatic heterocycles. The van der Waals surface area contributed by atoms with Crippen LogP contribution >= 0.6 is 0 Å². The van der Waals surface area contributed by atoms with Crippen molar-refractivity contribution in [1.29, 1.82) is 0 Å². The van der Waals surface area contributed by atoms with E-state index >= 15 is 0 Å². The minimum atomic E-state index is -0.395. The van der Waals surface area contributed by atoms with Crippen molar-refractivity contribution < 1.29 is 5.11 Å². The molecule has 0 saturated heterocycles. The van der Waals surface area contributed by atoms with Gasteiger partial charge in [-0.05, 0) is 30.1 Å². The predicted octanol–water partition coefficient (Wildman–Crippen LogP) is 0.942. The second kappa shape index (κ2) is 3.64. The molecule has 0 aromatic carbocycles. The molecular weight excluding hydrogens is 176 g/mol. The molecule has 0 atom stereocenters. The number of aliphatic hydroxyl groups excluding tert-OH is 1. The average Bonchev–Trinajstić information content (AvgIpc) is 2.31. The van der Waals surface area contributed by atoms with Crippen molar-refractivity contribution in [3.8, 4) is 0 Å². The van der Waals surface area contributed by atoms with Gasteiger partial charge in [0.15, 0.2) is 0 Å². The molecule has 1 aliphatic heterocycles. The molecule has 2 heterocycles. The molecular formula is C11H12N2O. The van der Waals surface area contributed by atoms with Gasteiger partial charge in [0.2, 0.25) is 0 Å². The SMILES string of the molecule is OCC1(c2ccncc2)C=CNC=C1. The fourth-order valence-corrected chi connectivity index (χ4v) is 1.56. The third-order valence-electron chi connectivity index (χ3n) is 2.43. The van der Waals surface area contributed by atoms with Crippen molar-refractivity contribution in [1.82, 2.24) is 10.3 Å². The maximum Gasteiger partial charge on any atom is 0.0599 e. The molecule has 3 heteroatoms. The summed E-state index contributed by atoms with van der Waals surface area (Å²) in [5, 5.41) is 12.4. The Labute approximate surface area is 82.8 Å². The quantitative estimate of drug-likeness (QED) is 0.726. The monoisotopic (exact) mass is 188 g/mol. The van der Waals surface area contributed by atoms with Gasteiger partial charge in [-0.15, -0.1) is 0 Å². The Morgan fingerprint density at radius 3 is 2.43 bits per heavy atom. The second-order valence-corrected chi connectivity index (χ2v) is 3.27. The number of rotatable bonds is 2. The van der Waals surface area contributed by atoms with Crippen LogP contribution in [0.3, 0.4) is 0 Å². The predicted molar refractivity (Wildman–Crippen MR) is 54.4 cm³/mol. The normalized spacial score (nSPS) is 17.8. The van der Waals surface area contributed by atoms with Crippen molar-refractivity contribution in [2.24, 2.45) is 0 Å². The van der Waals surface area contributed by atoms with Gasteiger partial charge < -0.3 is 10.4 Å². The van der Waals surface area contributed by atoms with Crippen LogP contribution < -0.4 is 5.32 Å². The van der Waals surface area contributed by atoms with Gasteiger partial charge in [-0.1, -0.05) is 12.2 Å². The molecule has 0 saturated carbocycles. The molecule has 0 spiro atoms. The summed E-state index contributed by atoms with van der Waals surface area (Å²) < 4.78 is 0. The van der Waals surface area contributed by atoms with Gasteiger partial charge in [-0.2, -0.15) is 0 Å². The summed E-state index contributed by atoms with van der Waals surface area (Å²) >= 11 is 0. The number of hydrogen-bond acceptors (Lipinski definition) is 3. The molecule has 0 bridgehead atoms. The Morgan fingerprint density at radius 1 is 1.21 bits per heavy atom. The van der Waals surface area contributed by atoms with Gasteiger partial charge in [0.1, 0.15) is 0 Å². The fourth-order valence-electron chi connectivity index (χ4n) is 1.56. The van der Waals surface area contributed by atoms with Crippen LogP contribution in [0.25, 0.3) is 0 Å². The first-order chi connectivity index (χ1) is 6.87. The number of pyridine rings is 1. The largest absolute Gasteiger partial charge is 0.395 e. The smallest absolute Gasteiger partial charge is 0.0599 e. The highest BCUT2D eigenvalue weighted by atomic mass is 16.3. The van der Waals surface area contributed by atoms with E-state index in [1.807, 2.05) is 36.7 Å². The van der Waals surface area contributed by atoms with E-state index in [0.717, 1.165) is 5.56 Å². The maximum atomic E-state index is 9.44. The van der Waals surface area contributed by atoms with Gasteiger partial charge >= 0.3 is 0 Å². The summed E-state index contributed by atoms with van der Waals surface area (Å²) in [4.78, 5) is 3.96. The van der Waals surface area contributed by atoms with Crippen LogP contribution in [0.5, 0.6) is 0 Å². The Bertz CT molecular complexity index is 345. The third-order valence-corrected chi connectivity index (χ3v) is 2.43. The van der Waals surface area contributed by atoms with E-state index in [2.05, 4.69) is 10.3 Å². The first kappa shape index (κ1) is 8.97. The molecule has 2 N–H and O–H groups in total. The maximum absolute atomic E-state index is 9.44. The van der Waals surface area contributed by atoms with Gasteiger partial charge in [-0.3, -0.25) is 4.98 Å². The van der Waals surface area contributed by atoms with Crippen molar-refractivity contribution >= 4 is 0 Å². The van der Waals surface area contributed by atoms with Crippen molar-refractivity contribution in [2.45, 2.75) is 5.41 Å². The minimum absolute atomic E-state index is 0.0612. The van der Waals surface area contributed by atoms with Crippen LogP contribution in [0, 0.1) is 0 Å². The van der Waals surface area contributed by atoms with Crippen molar-refractivity contribution in [3.05, 3.63) is 54.6 Å². The van der Waals surface area contributed by atoms with Crippen LogP contribution in [0.1, 0.15) is 5.56 Å². The van der Waals surface area contributed by atoms with Crippen LogP contribution in [0.2, 0.25) is 0 Å². The fraction of sp³-hybridized carbons (Fsp3) is 0.182. The van der Waals surface area contributed by atoms with Gasteiger partial charge in [0, 0.05) is 12.4 Å². The highest BCUT2D eigenvalue weighted by Crippen LogP contribution is 2.27.